The van der Waals surface area contributed by atoms with E-state index < -0.39 is 61.4 Å². The maximum absolute atomic E-state index is 12.7. The van der Waals surface area contributed by atoms with Crippen molar-refractivity contribution in [1.82, 2.24) is 44.0 Å². The van der Waals surface area contributed by atoms with Crippen molar-refractivity contribution in [2.45, 2.75) is 251 Å². The second-order valence-corrected chi connectivity index (χ2v) is 69.2. The first-order valence-corrected chi connectivity index (χ1v) is 64.4. The molecule has 11 heterocycles. The Bertz CT molecular complexity index is 5660. The molecular formula is C92H128I7N12O21P5S3. The number of alkyl halides is 7. The Labute approximate surface area is 935 Å². The number of nitrogens with two attached hydrogens (primary N) is 3. The SMILES string of the molecule is CC.CC(=O)OC1O[C@H](C(C)OC(=O)c2ccccc2)C[C@H]1C.CC(I)(I)I.CC(I)I.CC(OC(=O)c1ccccc1)[C@@H]1C[C@@H](C)C(=O)O1.CC(OC(=O)c1ccccc1)[C@@H]1C[C@@H](C)C(O)O1.CCI.CI.Cc1nc(N)nc2[nH]c(=O)sc12.Cc1nc(N)nc2c1sc(=O)n2[C@@H]1O[C@H](C(C)O)C[C@H]1C.Cc1nc(N)nc2c1sc(=O)n2[C@@H]1O[C@H](C(C)OC(=O)c2ccccc2)C[C@H]1C.PPP(P)P. The zero-order valence-electron chi connectivity index (χ0n) is 81.3. The molecule has 48 heteroatoms. The van der Waals surface area contributed by atoms with E-state index in [1.165, 1.54) is 15.9 Å². The molecule has 4 aromatic carbocycles. The standard InChI is InChI=1S/C20H22N4O4S.C16H20O5.C14H18O4.C14H16O4.C13H18N4O3S.C6H6N4OS.C2H3I3.C2H4I2.C2H5I.C2H6.CH3I.H7P5/c1-10-9-14(12(3)27-18(25)13-7-5-4-6-8-13)28-17(10)24-16-15(29-20(24)26)11(2)22-19(21)23-16;1-10-9-14(21-16(10)20-12(3)17)11(2)19-15(18)13-7-5-4-6-8-13;2*1-9-8-12(18-13(9)15)10(2)17-14(16)11-6-4-3-5-7-11;1-5-4-8(7(3)18)20-11(5)17-10-9(21-13(17)19)6(2)15-12(14)16-10;1-2-3-4(9-5(7)8-2)10-6(11)12-3;1-2(3,4)5;1-2(3)4;1-2-3;2*1-2;1-4-5(2)3/h4-8,10,12,14,17H,9H2,1-3H3,(H2,21,22,23);4-8,10-11,14,16H,9H2,1-3H3;3-7,9-10,12-13,15H,8H2,1-2H3;3-7,9-10,12H,8H2,1-2H3;5,7-8,11,18H,4H2,1-3H3,(H2,14,15,16);1H3,(H3,7,8,9,10,11);1H3;2H,1H3;2H2,1H3;1-2H3;1H3;4H,1-3H2/t10-,12?,14+,17-;10-,11?,14+,16?;9-,10?,12+,13?;9-,10?,12+;5-,7?,8+,11-;;;;;;;/m11111......./s1. The van der Waals surface area contributed by atoms with E-state index >= 15 is 0 Å². The van der Waals surface area contributed by atoms with Crippen LogP contribution in [0.15, 0.2) is 136 Å². The number of carbonyl (C=O) groups is 6. The Morgan fingerprint density at radius 2 is 0.843 bits per heavy atom. The lowest BCUT2D eigenvalue weighted by Gasteiger charge is -2.21. The van der Waals surface area contributed by atoms with Gasteiger partial charge in [0.25, 0.3) is 0 Å². The third-order valence-corrected chi connectivity index (χ3v) is 35.4. The third kappa shape index (κ3) is 43.5. The van der Waals surface area contributed by atoms with Crippen molar-refractivity contribution < 1.29 is 86.3 Å². The molecule has 0 bridgehead atoms. The van der Waals surface area contributed by atoms with Gasteiger partial charge in [0.1, 0.15) is 42.4 Å². The number of H-pyrrole nitrogens is 1. The predicted octanol–water partition coefficient (Wildman–Crippen LogP) is 22.1. The topological polar surface area (TPSA) is 467 Å². The average molecular weight is 2880 g/mol. The van der Waals surface area contributed by atoms with E-state index in [0.717, 1.165) is 59.0 Å². The van der Waals surface area contributed by atoms with Gasteiger partial charge in [0.2, 0.25) is 24.1 Å². The van der Waals surface area contributed by atoms with E-state index in [0.29, 0.717) is 86.8 Å². The number of thiazole rings is 3. The third-order valence-electron chi connectivity index (χ3n) is 20.4. The number of aliphatic hydroxyl groups excluding tert-OH is 2. The summed E-state index contributed by atoms with van der Waals surface area (Å²) in [6.45, 7) is 35.9. The van der Waals surface area contributed by atoms with E-state index in [4.69, 9.17) is 64.6 Å². The van der Waals surface area contributed by atoms with Crippen LogP contribution < -0.4 is 31.8 Å². The number of halogens is 7. The average Bonchev–Trinajstić information content (AvgIpc) is 1.61. The fourth-order valence-corrected chi connectivity index (χ4v) is 16.3. The zero-order valence-corrected chi connectivity index (χ0v) is 104. The highest BCUT2D eigenvalue weighted by molar-refractivity contribution is 14.3. The van der Waals surface area contributed by atoms with E-state index in [2.05, 4.69) is 241 Å². The molecule has 0 saturated carbocycles. The Balaban J connectivity index is 0.000000340. The predicted molar refractivity (Wildman–Crippen MR) is 632 cm³/mol. The van der Waals surface area contributed by atoms with Gasteiger partial charge in [0.15, 0.2) is 23.2 Å². The van der Waals surface area contributed by atoms with Crippen LogP contribution in [0.25, 0.3) is 31.0 Å². The number of esters is 6. The summed E-state index contributed by atoms with van der Waals surface area (Å²) in [7, 11) is 9.24. The number of aliphatic hydroxyl groups is 2. The summed E-state index contributed by atoms with van der Waals surface area (Å²) in [5, 5.41) is 19.2. The van der Waals surface area contributed by atoms with Crippen LogP contribution in [0.2, 0.25) is 0 Å². The van der Waals surface area contributed by atoms with E-state index in [9.17, 15) is 53.4 Å². The number of aromatic nitrogens is 9. The number of nitrogens with zero attached hydrogens (tertiary/aromatic N) is 8. The van der Waals surface area contributed by atoms with Crippen LogP contribution in [0.1, 0.15) is 214 Å². The molecule has 0 amide bonds. The van der Waals surface area contributed by atoms with E-state index in [1.807, 2.05) is 77.7 Å². The second-order valence-electron chi connectivity index (χ2n) is 32.0. The number of nitrogens with one attached hydrogen (secondary N) is 1. The lowest BCUT2D eigenvalue weighted by Crippen LogP contribution is -2.29. The largest absolute Gasteiger partial charge is 0.458 e. The van der Waals surface area contributed by atoms with E-state index in [1.54, 1.807) is 157 Å². The van der Waals surface area contributed by atoms with Gasteiger partial charge in [-0.25, -0.2) is 34.1 Å². The van der Waals surface area contributed by atoms with Gasteiger partial charge in [-0.2, -0.15) is 15.0 Å². The van der Waals surface area contributed by atoms with Crippen LogP contribution in [0, 0.1) is 50.4 Å². The number of hydrogen-bond acceptors (Lipinski definition) is 33. The minimum atomic E-state index is -0.757. The molecule has 15 rings (SSSR count). The quantitative estimate of drug-likeness (QED) is 0.0162. The highest BCUT2D eigenvalue weighted by Gasteiger charge is 2.43. The molecule has 9 N–H and O–H groups in total. The Hall–Kier alpha value is -3.57. The van der Waals surface area contributed by atoms with Crippen molar-refractivity contribution in [1.29, 1.82) is 0 Å². The molecule has 33 nitrogen and oxygen atoms in total. The number of carbonyl (C=O) groups excluding carboxylic acids is 6. The van der Waals surface area contributed by atoms with Crippen molar-refractivity contribution in [3.63, 3.8) is 0 Å². The molecule has 774 valence electrons. The first-order valence-electron chi connectivity index (χ1n) is 44.3. The van der Waals surface area contributed by atoms with Crippen LogP contribution in [-0.4, -0.2) is 174 Å². The monoisotopic (exact) mass is 2880 g/mol. The van der Waals surface area contributed by atoms with Crippen LogP contribution in [0.3, 0.4) is 0 Å². The van der Waals surface area contributed by atoms with Gasteiger partial charge in [-0.3, -0.25) is 38.1 Å². The molecule has 0 spiro atoms. The molecule has 6 aromatic heterocycles. The minimum absolute atomic E-state index is 0.0323. The number of cyclic esters (lactones) is 1. The minimum Gasteiger partial charge on any atom is -0.458 e. The number of rotatable bonds is 17. The van der Waals surface area contributed by atoms with Crippen molar-refractivity contribution >= 4 is 319 Å². The zero-order chi connectivity index (χ0) is 105. The molecule has 5 fully saturated rings. The molecule has 23 atom stereocenters. The smallest absolute Gasteiger partial charge is 0.338 e. The van der Waals surface area contributed by atoms with E-state index in [-0.39, 0.29) is 130 Å². The first-order chi connectivity index (χ1) is 65.9. The van der Waals surface area contributed by atoms with Gasteiger partial charge in [-0.15, -0.1) is 26.8 Å². The summed E-state index contributed by atoms with van der Waals surface area (Å²) in [6.07, 6.45) is -2.58. The number of anilines is 3. The molecular weight excluding hydrogens is 2750 g/mol. The molecule has 5 aliphatic heterocycles. The molecule has 0 aliphatic carbocycles. The summed E-state index contributed by atoms with van der Waals surface area (Å²) in [4.78, 5) is 135. The van der Waals surface area contributed by atoms with Crippen molar-refractivity contribution in [3.8, 4) is 0 Å². The van der Waals surface area contributed by atoms with Crippen LogP contribution in [-0.2, 0) is 57.0 Å². The molecule has 0 radical (unpaired) electrons. The number of nitrogen functional groups attached to an aromatic ring is 3. The number of aromatic amines is 1. The van der Waals surface area contributed by atoms with Gasteiger partial charge in [-0.1, -0.05) is 328 Å². The molecule has 10 aromatic rings. The van der Waals surface area contributed by atoms with Crippen molar-refractivity contribution in [2.24, 2.45) is 29.6 Å². The first kappa shape index (κ1) is 129. The molecule has 5 saturated heterocycles. The lowest BCUT2D eigenvalue weighted by molar-refractivity contribution is -0.183. The summed E-state index contributed by atoms with van der Waals surface area (Å²) >= 11 is 19.4. The number of benzene rings is 4. The maximum Gasteiger partial charge on any atom is 0.338 e. The second kappa shape index (κ2) is 65.4. The van der Waals surface area contributed by atoms with Crippen LogP contribution >= 0.6 is 234 Å². The summed E-state index contributed by atoms with van der Waals surface area (Å²) in [5.74, 6) is -1.49. The lowest BCUT2D eigenvalue weighted by atomic mass is 10.0. The van der Waals surface area contributed by atoms with Crippen molar-refractivity contribution in [2.75, 3.05) is 26.6 Å². The summed E-state index contributed by atoms with van der Waals surface area (Å²) in [5.41, 5.74) is 22.5. The number of fused-ring (bicyclic) bond motifs is 3. The van der Waals surface area contributed by atoms with Crippen LogP contribution in [0.4, 0.5) is 17.8 Å². The van der Waals surface area contributed by atoms with Crippen LogP contribution in [0.5, 0.6) is 0 Å². The number of aryl methyl sites for hydroxylation is 3. The Morgan fingerprint density at radius 3 is 1.16 bits per heavy atom. The molecule has 140 heavy (non-hydrogen) atoms. The number of ether oxygens (including phenoxy) is 10. The van der Waals surface area contributed by atoms with Gasteiger partial charge in [0.05, 0.1) is 91.8 Å². The Morgan fingerprint density at radius 1 is 0.536 bits per heavy atom. The summed E-state index contributed by atoms with van der Waals surface area (Å²) in [6, 6.07) is 35.3. The highest BCUT2D eigenvalue weighted by Crippen LogP contribution is 2.71. The maximum atomic E-state index is 12.7. The normalized spacial score (nSPS) is 21.8. The highest BCUT2D eigenvalue weighted by atomic mass is 127. The van der Waals surface area contributed by atoms with Crippen molar-refractivity contribution in [3.05, 3.63) is 190 Å². The van der Waals surface area contributed by atoms with Gasteiger partial charge in [0, 0.05) is 37.0 Å². The number of hydrogen-bond donors (Lipinski definition) is 6. The van der Waals surface area contributed by atoms with Gasteiger partial charge >= 0.3 is 50.4 Å². The fourth-order valence-electron chi connectivity index (χ4n) is 13.7. The Kier molecular flexibility index (Phi) is 60.1. The summed E-state index contributed by atoms with van der Waals surface area (Å²) < 4.78 is 62.6. The molecule has 5 aliphatic rings. The fraction of sp³-hybridized carbons (Fsp3) is 0.511. The van der Waals surface area contributed by atoms with Gasteiger partial charge in [-0.05, 0) is 160 Å². The molecule has 11 unspecified atom stereocenters. The van der Waals surface area contributed by atoms with Gasteiger partial charge < -0.3 is 74.8 Å².